The van der Waals surface area contributed by atoms with Gasteiger partial charge in [-0.25, -0.2) is 4.79 Å². The average molecular weight is 461 g/mol. The summed E-state index contributed by atoms with van der Waals surface area (Å²) >= 11 is 3.65. The summed E-state index contributed by atoms with van der Waals surface area (Å²) in [4.78, 5) is 14.3. The van der Waals surface area contributed by atoms with Gasteiger partial charge in [0.25, 0.3) is 0 Å². The Hall–Kier alpha value is -1.49. The van der Waals surface area contributed by atoms with Crippen molar-refractivity contribution >= 4 is 32.9 Å². The van der Waals surface area contributed by atoms with Gasteiger partial charge in [-0.05, 0) is 95.4 Å². The highest BCUT2D eigenvalue weighted by atomic mass is 79.9. The first-order valence-corrected chi connectivity index (χ1v) is 11.7. The lowest BCUT2D eigenvalue weighted by atomic mass is 9.67. The van der Waals surface area contributed by atoms with Crippen molar-refractivity contribution in [3.63, 3.8) is 0 Å². The predicted molar refractivity (Wildman–Crippen MR) is 121 cm³/mol. The van der Waals surface area contributed by atoms with E-state index < -0.39 is 5.60 Å². The van der Waals surface area contributed by atoms with Gasteiger partial charge in [0.1, 0.15) is 5.60 Å². The van der Waals surface area contributed by atoms with Gasteiger partial charge < -0.3 is 14.2 Å². The second kappa shape index (κ2) is 7.64. The van der Waals surface area contributed by atoms with E-state index >= 15 is 0 Å². The Morgan fingerprint density at radius 3 is 2.38 bits per heavy atom. The third-order valence-electron chi connectivity index (χ3n) is 6.99. The smallest absolute Gasteiger partial charge is 0.410 e. The van der Waals surface area contributed by atoms with E-state index in [4.69, 9.17) is 4.74 Å². The molecule has 1 saturated heterocycles. The topological polar surface area (TPSA) is 34.5 Å². The minimum absolute atomic E-state index is 0.152. The first kappa shape index (κ1) is 20.8. The van der Waals surface area contributed by atoms with E-state index in [9.17, 15) is 4.79 Å². The quantitative estimate of drug-likeness (QED) is 0.466. The molecule has 2 heterocycles. The van der Waals surface area contributed by atoms with Crippen molar-refractivity contribution in [1.82, 2.24) is 9.47 Å². The van der Waals surface area contributed by atoms with E-state index in [1.54, 1.807) is 0 Å². The molecule has 1 amide bonds. The Bertz CT molecular complexity index is 893. The van der Waals surface area contributed by atoms with E-state index in [0.717, 1.165) is 25.9 Å². The number of benzene rings is 1. The molecule has 0 atom stereocenters. The van der Waals surface area contributed by atoms with Crippen LogP contribution in [0.3, 0.4) is 0 Å². The van der Waals surface area contributed by atoms with Gasteiger partial charge in [0.05, 0.1) is 0 Å². The van der Waals surface area contributed by atoms with Crippen LogP contribution in [0.25, 0.3) is 10.9 Å². The van der Waals surface area contributed by atoms with Crippen molar-refractivity contribution in [2.45, 2.75) is 77.9 Å². The lowest BCUT2D eigenvalue weighted by Crippen LogP contribution is -2.46. The molecule has 29 heavy (non-hydrogen) atoms. The number of rotatable bonds is 1. The monoisotopic (exact) mass is 460 g/mol. The number of halogens is 1. The van der Waals surface area contributed by atoms with Crippen LogP contribution < -0.4 is 0 Å². The van der Waals surface area contributed by atoms with Crippen molar-refractivity contribution in [2.24, 2.45) is 5.41 Å². The van der Waals surface area contributed by atoms with Crippen molar-refractivity contribution in [1.29, 1.82) is 0 Å². The highest BCUT2D eigenvalue weighted by molar-refractivity contribution is 9.10. The number of aryl methyl sites for hydroxylation is 1. The summed E-state index contributed by atoms with van der Waals surface area (Å²) in [5.74, 6) is 0. The molecular formula is C24H33BrN2O2. The van der Waals surface area contributed by atoms with Gasteiger partial charge in [-0.1, -0.05) is 15.9 Å². The fourth-order valence-electron chi connectivity index (χ4n) is 5.16. The Morgan fingerprint density at radius 1 is 1.10 bits per heavy atom. The number of fused-ring (bicyclic) bond motifs is 1. The molecule has 1 aliphatic heterocycles. The largest absolute Gasteiger partial charge is 0.444 e. The van der Waals surface area contributed by atoms with E-state index in [-0.39, 0.29) is 6.09 Å². The van der Waals surface area contributed by atoms with Crippen LogP contribution in [-0.4, -0.2) is 34.3 Å². The number of carbonyl (C=O) groups is 1. The van der Waals surface area contributed by atoms with Crippen LogP contribution in [0.15, 0.2) is 28.9 Å². The summed E-state index contributed by atoms with van der Waals surface area (Å²) in [6, 6.07) is 7.27. The van der Waals surface area contributed by atoms with E-state index in [1.165, 1.54) is 46.6 Å². The molecule has 1 aliphatic carbocycles. The summed E-state index contributed by atoms with van der Waals surface area (Å²) in [6.45, 7) is 9.65. The first-order chi connectivity index (χ1) is 13.7. The molecule has 2 aromatic rings. The first-order valence-electron chi connectivity index (χ1n) is 10.9. The molecule has 4 nitrogen and oxygen atoms in total. The molecule has 1 aromatic heterocycles. The number of amides is 1. The molecule has 0 bridgehead atoms. The number of likely N-dealkylation sites (tertiary alicyclic amines) is 1. The molecule has 158 valence electrons. The molecule has 0 unspecified atom stereocenters. The van der Waals surface area contributed by atoms with Gasteiger partial charge in [-0.3, -0.25) is 0 Å². The minimum atomic E-state index is -0.419. The fraction of sp³-hybridized carbons (Fsp3) is 0.625. The van der Waals surface area contributed by atoms with Gasteiger partial charge >= 0.3 is 6.09 Å². The predicted octanol–water partition coefficient (Wildman–Crippen LogP) is 6.84. The number of piperidine rings is 1. The third kappa shape index (κ3) is 4.21. The Balaban J connectivity index is 1.38. The Kier molecular flexibility index (Phi) is 5.47. The lowest BCUT2D eigenvalue weighted by molar-refractivity contribution is 0.00199. The number of aromatic nitrogens is 1. The van der Waals surface area contributed by atoms with Gasteiger partial charge in [-0.15, -0.1) is 0 Å². The molecule has 2 fully saturated rings. The van der Waals surface area contributed by atoms with Crippen molar-refractivity contribution in [3.05, 3.63) is 34.4 Å². The van der Waals surface area contributed by atoms with Crippen LogP contribution >= 0.6 is 15.9 Å². The van der Waals surface area contributed by atoms with Crippen molar-refractivity contribution < 1.29 is 9.53 Å². The van der Waals surface area contributed by atoms with Crippen LogP contribution in [0.2, 0.25) is 0 Å². The van der Waals surface area contributed by atoms with Crippen molar-refractivity contribution in [2.75, 3.05) is 13.1 Å². The number of carbonyl (C=O) groups excluding carboxylic acids is 1. The van der Waals surface area contributed by atoms with Crippen LogP contribution in [-0.2, 0) is 4.74 Å². The average Bonchev–Trinajstić information content (AvgIpc) is 3.09. The Morgan fingerprint density at radius 2 is 1.76 bits per heavy atom. The van der Waals surface area contributed by atoms with Gasteiger partial charge in [0.2, 0.25) is 0 Å². The molecule has 1 spiro atoms. The van der Waals surface area contributed by atoms with Crippen molar-refractivity contribution in [3.8, 4) is 0 Å². The highest BCUT2D eigenvalue weighted by Gasteiger charge is 2.40. The summed E-state index contributed by atoms with van der Waals surface area (Å²) in [5.41, 5.74) is 2.67. The normalized spacial score (nSPS) is 20.4. The van der Waals surface area contributed by atoms with E-state index in [1.807, 2.05) is 25.7 Å². The van der Waals surface area contributed by atoms with Crippen LogP contribution in [0.4, 0.5) is 4.79 Å². The number of nitrogens with zero attached hydrogens (tertiary/aromatic N) is 2. The minimum Gasteiger partial charge on any atom is -0.444 e. The van der Waals surface area contributed by atoms with Gasteiger partial charge in [0, 0.05) is 40.7 Å². The maximum absolute atomic E-state index is 12.4. The zero-order valence-corrected chi connectivity index (χ0v) is 19.7. The third-order valence-corrected chi connectivity index (χ3v) is 7.85. The van der Waals surface area contributed by atoms with Crippen LogP contribution in [0.1, 0.15) is 70.9 Å². The number of ether oxygens (including phenoxy) is 1. The van der Waals surface area contributed by atoms with Gasteiger partial charge in [0.15, 0.2) is 0 Å². The molecule has 0 N–H and O–H groups in total. The van der Waals surface area contributed by atoms with Crippen LogP contribution in [0, 0.1) is 12.3 Å². The standard InChI is InChI=1S/C24H33BrN2O2/c1-17-19-9-14-27(21(19)6-5-20(17)25)18-7-10-24(11-8-18)12-15-26(16-13-24)22(28)29-23(2,3)4/h5-6,9,14,18H,7-8,10-13,15-16H2,1-4H3. The molecule has 0 radical (unpaired) electrons. The number of hydrogen-bond acceptors (Lipinski definition) is 2. The van der Waals surface area contributed by atoms with Crippen LogP contribution in [0.5, 0.6) is 0 Å². The summed E-state index contributed by atoms with van der Waals surface area (Å²) in [7, 11) is 0. The molecule has 2 aliphatic rings. The second-order valence-corrected chi connectivity index (χ2v) is 10.9. The molecule has 4 rings (SSSR count). The molecule has 1 saturated carbocycles. The fourth-order valence-corrected chi connectivity index (χ4v) is 5.51. The highest BCUT2D eigenvalue weighted by Crippen LogP contribution is 2.48. The molecule has 5 heteroatoms. The zero-order valence-electron chi connectivity index (χ0n) is 18.1. The SMILES string of the molecule is Cc1c(Br)ccc2c1ccn2C1CCC2(CC1)CCN(C(=O)OC(C)(C)C)CC2. The maximum atomic E-state index is 12.4. The summed E-state index contributed by atoms with van der Waals surface area (Å²) < 4.78 is 9.24. The van der Waals surface area contributed by atoms with E-state index in [0.29, 0.717) is 11.5 Å². The lowest BCUT2D eigenvalue weighted by Gasteiger charge is -2.46. The number of hydrogen-bond donors (Lipinski definition) is 0. The summed E-state index contributed by atoms with van der Waals surface area (Å²) in [6.07, 6.45) is 9.31. The zero-order chi connectivity index (χ0) is 20.8. The molecule has 1 aromatic carbocycles. The molecular weight excluding hydrogens is 428 g/mol. The Labute approximate surface area is 182 Å². The second-order valence-electron chi connectivity index (χ2n) is 10.0. The van der Waals surface area contributed by atoms with E-state index in [2.05, 4.69) is 51.8 Å². The maximum Gasteiger partial charge on any atom is 0.410 e. The van der Waals surface area contributed by atoms with Gasteiger partial charge in [-0.2, -0.15) is 0 Å². The summed E-state index contributed by atoms with van der Waals surface area (Å²) in [5, 5.41) is 1.35.